The summed E-state index contributed by atoms with van der Waals surface area (Å²) in [6.07, 6.45) is 3.01. The maximum atomic E-state index is 5.75. The van der Waals surface area contributed by atoms with Crippen molar-refractivity contribution in [3.63, 3.8) is 0 Å². The van der Waals surface area contributed by atoms with Gasteiger partial charge in [-0.15, -0.1) is 11.8 Å². The van der Waals surface area contributed by atoms with Crippen molar-refractivity contribution in [2.75, 3.05) is 18.9 Å². The molecule has 2 N–H and O–H groups in total. The highest BCUT2D eigenvalue weighted by Gasteiger charge is 2.16. The second-order valence-corrected chi connectivity index (χ2v) is 5.15. The summed E-state index contributed by atoms with van der Waals surface area (Å²) in [6, 6.07) is 1.86. The first-order chi connectivity index (χ1) is 7.78. The van der Waals surface area contributed by atoms with Crippen LogP contribution in [0.25, 0.3) is 0 Å². The molecule has 1 fully saturated rings. The van der Waals surface area contributed by atoms with E-state index in [2.05, 4.69) is 9.97 Å². The SMILES string of the molecule is CCc1nc(N)cc(SC2CCOCC2)n1. The largest absolute Gasteiger partial charge is 0.384 e. The van der Waals surface area contributed by atoms with Gasteiger partial charge in [0.15, 0.2) is 0 Å². The molecule has 0 aliphatic carbocycles. The molecular weight excluding hydrogens is 222 g/mol. The van der Waals surface area contributed by atoms with Gasteiger partial charge < -0.3 is 10.5 Å². The van der Waals surface area contributed by atoms with Gasteiger partial charge in [0.25, 0.3) is 0 Å². The van der Waals surface area contributed by atoms with Gasteiger partial charge in [-0.1, -0.05) is 6.92 Å². The smallest absolute Gasteiger partial charge is 0.131 e. The van der Waals surface area contributed by atoms with Crippen molar-refractivity contribution in [2.45, 2.75) is 36.5 Å². The molecule has 4 nitrogen and oxygen atoms in total. The van der Waals surface area contributed by atoms with E-state index >= 15 is 0 Å². The van der Waals surface area contributed by atoms with Crippen LogP contribution in [0.3, 0.4) is 0 Å². The molecule has 2 heterocycles. The number of ether oxygens (including phenoxy) is 1. The minimum Gasteiger partial charge on any atom is -0.384 e. The van der Waals surface area contributed by atoms with Gasteiger partial charge in [0.1, 0.15) is 16.7 Å². The fourth-order valence-electron chi connectivity index (χ4n) is 1.68. The number of nitrogen functional groups attached to an aromatic ring is 1. The lowest BCUT2D eigenvalue weighted by Crippen LogP contribution is -2.17. The summed E-state index contributed by atoms with van der Waals surface area (Å²) < 4.78 is 5.34. The zero-order valence-electron chi connectivity index (χ0n) is 9.48. The first-order valence-electron chi connectivity index (χ1n) is 5.65. The average molecular weight is 239 g/mol. The van der Waals surface area contributed by atoms with Crippen molar-refractivity contribution in [1.82, 2.24) is 9.97 Å². The van der Waals surface area contributed by atoms with E-state index in [9.17, 15) is 0 Å². The summed E-state index contributed by atoms with van der Waals surface area (Å²) in [5.41, 5.74) is 5.75. The summed E-state index contributed by atoms with van der Waals surface area (Å²) in [5, 5.41) is 1.60. The monoisotopic (exact) mass is 239 g/mol. The predicted octanol–water partition coefficient (Wildman–Crippen LogP) is 1.89. The number of nitrogens with zero attached hydrogens (tertiary/aromatic N) is 2. The number of thioether (sulfide) groups is 1. The molecule has 0 atom stereocenters. The number of hydrogen-bond donors (Lipinski definition) is 1. The molecule has 1 aromatic heterocycles. The molecule has 0 aromatic carbocycles. The van der Waals surface area contributed by atoms with E-state index in [-0.39, 0.29) is 0 Å². The summed E-state index contributed by atoms with van der Waals surface area (Å²) in [5.74, 6) is 1.40. The normalized spacial score (nSPS) is 17.6. The van der Waals surface area contributed by atoms with Crippen molar-refractivity contribution in [2.24, 2.45) is 0 Å². The highest BCUT2D eigenvalue weighted by molar-refractivity contribution is 7.99. The number of rotatable bonds is 3. The molecule has 0 saturated carbocycles. The molecular formula is C11H17N3OS. The lowest BCUT2D eigenvalue weighted by Gasteiger charge is -2.21. The standard InChI is InChI=1S/C11H17N3OS/c1-2-10-13-9(12)7-11(14-10)16-8-3-5-15-6-4-8/h7-8H,2-6H2,1H3,(H2,12,13,14). The van der Waals surface area contributed by atoms with E-state index in [0.29, 0.717) is 11.1 Å². The number of nitrogens with two attached hydrogens (primary N) is 1. The first kappa shape index (κ1) is 11.7. The Morgan fingerprint density at radius 1 is 1.44 bits per heavy atom. The zero-order valence-corrected chi connectivity index (χ0v) is 10.3. The second kappa shape index (κ2) is 5.50. The number of aryl methyl sites for hydroxylation is 1. The number of hydrogen-bond acceptors (Lipinski definition) is 5. The van der Waals surface area contributed by atoms with Gasteiger partial charge in [0.05, 0.1) is 0 Å². The third kappa shape index (κ3) is 3.09. The van der Waals surface area contributed by atoms with Gasteiger partial charge in [-0.2, -0.15) is 0 Å². The van der Waals surface area contributed by atoms with Crippen LogP contribution >= 0.6 is 11.8 Å². The van der Waals surface area contributed by atoms with Gasteiger partial charge in [0, 0.05) is 31.0 Å². The Morgan fingerprint density at radius 2 is 2.19 bits per heavy atom. The Labute approximate surface area is 100.0 Å². The predicted molar refractivity (Wildman–Crippen MR) is 65.5 cm³/mol. The minimum atomic E-state index is 0.571. The molecule has 0 radical (unpaired) electrons. The number of anilines is 1. The lowest BCUT2D eigenvalue weighted by molar-refractivity contribution is 0.1000. The Morgan fingerprint density at radius 3 is 2.88 bits per heavy atom. The molecule has 88 valence electrons. The summed E-state index contributed by atoms with van der Waals surface area (Å²) in [4.78, 5) is 8.65. The Bertz CT molecular complexity index is 353. The van der Waals surface area contributed by atoms with Crippen LogP contribution in [-0.4, -0.2) is 28.4 Å². The molecule has 1 saturated heterocycles. The van der Waals surface area contributed by atoms with E-state index in [1.807, 2.05) is 13.0 Å². The molecule has 0 unspecified atom stereocenters. The maximum absolute atomic E-state index is 5.75. The molecule has 0 amide bonds. The molecule has 16 heavy (non-hydrogen) atoms. The van der Waals surface area contributed by atoms with Gasteiger partial charge in [-0.05, 0) is 12.8 Å². The third-order valence-corrected chi connectivity index (χ3v) is 3.80. The fraction of sp³-hybridized carbons (Fsp3) is 0.636. The quantitative estimate of drug-likeness (QED) is 0.816. The Hall–Kier alpha value is -0.810. The van der Waals surface area contributed by atoms with Crippen LogP contribution < -0.4 is 5.73 Å². The van der Waals surface area contributed by atoms with Crippen LogP contribution in [0.5, 0.6) is 0 Å². The van der Waals surface area contributed by atoms with E-state index in [4.69, 9.17) is 10.5 Å². The molecule has 1 aromatic rings. The summed E-state index contributed by atoms with van der Waals surface area (Å²) in [7, 11) is 0. The fourth-order valence-corrected chi connectivity index (χ4v) is 2.79. The van der Waals surface area contributed by atoms with Crippen LogP contribution in [-0.2, 0) is 11.2 Å². The van der Waals surface area contributed by atoms with Crippen LogP contribution in [0.15, 0.2) is 11.1 Å². The van der Waals surface area contributed by atoms with Crippen LogP contribution in [0, 0.1) is 0 Å². The van der Waals surface area contributed by atoms with E-state index in [1.165, 1.54) is 0 Å². The summed E-state index contributed by atoms with van der Waals surface area (Å²) >= 11 is 1.80. The average Bonchev–Trinajstić information content (AvgIpc) is 2.29. The van der Waals surface area contributed by atoms with E-state index in [0.717, 1.165) is 43.3 Å². The van der Waals surface area contributed by atoms with E-state index < -0.39 is 0 Å². The van der Waals surface area contributed by atoms with Gasteiger partial charge >= 0.3 is 0 Å². The molecule has 1 aliphatic rings. The molecule has 5 heteroatoms. The van der Waals surface area contributed by atoms with Crippen molar-refractivity contribution >= 4 is 17.6 Å². The Kier molecular flexibility index (Phi) is 4.01. The molecule has 2 rings (SSSR count). The van der Waals surface area contributed by atoms with Gasteiger partial charge in [0.2, 0.25) is 0 Å². The van der Waals surface area contributed by atoms with Gasteiger partial charge in [-0.3, -0.25) is 0 Å². The second-order valence-electron chi connectivity index (χ2n) is 3.83. The highest BCUT2D eigenvalue weighted by atomic mass is 32.2. The Balaban J connectivity index is 2.04. The van der Waals surface area contributed by atoms with E-state index in [1.54, 1.807) is 11.8 Å². The topological polar surface area (TPSA) is 61.0 Å². The first-order valence-corrected chi connectivity index (χ1v) is 6.53. The van der Waals surface area contributed by atoms with Crippen molar-refractivity contribution in [1.29, 1.82) is 0 Å². The van der Waals surface area contributed by atoms with Crippen LogP contribution in [0.2, 0.25) is 0 Å². The molecule has 0 bridgehead atoms. The third-order valence-electron chi connectivity index (χ3n) is 2.54. The molecule has 1 aliphatic heterocycles. The summed E-state index contributed by atoms with van der Waals surface area (Å²) in [6.45, 7) is 3.76. The molecule has 0 spiro atoms. The van der Waals surface area contributed by atoms with Crippen LogP contribution in [0.1, 0.15) is 25.6 Å². The van der Waals surface area contributed by atoms with Crippen molar-refractivity contribution in [3.05, 3.63) is 11.9 Å². The van der Waals surface area contributed by atoms with Crippen molar-refractivity contribution < 1.29 is 4.74 Å². The number of aromatic nitrogens is 2. The minimum absolute atomic E-state index is 0.571. The highest BCUT2D eigenvalue weighted by Crippen LogP contribution is 2.29. The maximum Gasteiger partial charge on any atom is 0.131 e. The lowest BCUT2D eigenvalue weighted by atomic mass is 10.2. The van der Waals surface area contributed by atoms with Gasteiger partial charge in [-0.25, -0.2) is 9.97 Å². The van der Waals surface area contributed by atoms with Crippen molar-refractivity contribution in [3.8, 4) is 0 Å². The van der Waals surface area contributed by atoms with Crippen LogP contribution in [0.4, 0.5) is 5.82 Å². The zero-order chi connectivity index (χ0) is 11.4.